The molecule has 0 fully saturated rings. The monoisotopic (exact) mass is 587 g/mol. The number of alkyl halides is 2. The minimum Gasteiger partial charge on any atom is -0.381 e. The first-order valence-corrected chi connectivity index (χ1v) is 19.1. The van der Waals surface area contributed by atoms with Crippen molar-refractivity contribution in [3.8, 4) is 0 Å². The number of hydrogen-bond donors (Lipinski definition) is 0. The summed E-state index contributed by atoms with van der Waals surface area (Å²) >= 11 is 0. The molecule has 0 N–H and O–H groups in total. The molecule has 0 aromatic heterocycles. The van der Waals surface area contributed by atoms with E-state index in [2.05, 4.69) is 13.8 Å². The Morgan fingerprint density at radius 1 is 0.317 bits per heavy atom. The summed E-state index contributed by atoms with van der Waals surface area (Å²) in [6.45, 7) is 6.21. The summed E-state index contributed by atoms with van der Waals surface area (Å²) in [5, 5.41) is 0. The van der Waals surface area contributed by atoms with Crippen LogP contribution in [0.3, 0.4) is 0 Å². The Morgan fingerprint density at radius 3 is 0.805 bits per heavy atom. The van der Waals surface area contributed by atoms with Gasteiger partial charge in [0.2, 0.25) is 0 Å². The van der Waals surface area contributed by atoms with Crippen LogP contribution >= 0.6 is 0 Å². The molecule has 0 aliphatic rings. The van der Waals surface area contributed by atoms with Crippen LogP contribution in [0.25, 0.3) is 0 Å². The van der Waals surface area contributed by atoms with E-state index in [1.807, 2.05) is 0 Å². The number of ether oxygens (including phenoxy) is 1. The average Bonchev–Trinajstić information content (AvgIpc) is 2.97. The van der Waals surface area contributed by atoms with E-state index in [9.17, 15) is 8.78 Å². The lowest BCUT2D eigenvalue weighted by atomic mass is 10.0. The van der Waals surface area contributed by atoms with Gasteiger partial charge in [0.15, 0.2) is 0 Å². The van der Waals surface area contributed by atoms with Crippen LogP contribution in [-0.4, -0.2) is 25.6 Å². The fraction of sp³-hybridized carbons (Fsp3) is 1.00. The third-order valence-corrected chi connectivity index (χ3v) is 8.85. The summed E-state index contributed by atoms with van der Waals surface area (Å²) in [5.41, 5.74) is 0. The van der Waals surface area contributed by atoms with Crippen LogP contribution < -0.4 is 0 Å². The highest BCUT2D eigenvalue weighted by atomic mass is 19.1. The zero-order chi connectivity index (χ0) is 29.9. The second-order valence-electron chi connectivity index (χ2n) is 13.2. The van der Waals surface area contributed by atoms with Gasteiger partial charge < -0.3 is 4.74 Å². The van der Waals surface area contributed by atoms with E-state index in [0.29, 0.717) is 0 Å². The first kappa shape index (κ1) is 40.8. The SMILES string of the molecule is CCCCCCCCCCCCC(F)CCCCCCOCCCCCCC(F)CCCCCCCCCCCC. The van der Waals surface area contributed by atoms with Crippen LogP contribution in [0.5, 0.6) is 0 Å². The fourth-order valence-corrected chi connectivity index (χ4v) is 5.94. The fourth-order valence-electron chi connectivity index (χ4n) is 5.94. The van der Waals surface area contributed by atoms with Crippen molar-refractivity contribution in [1.29, 1.82) is 0 Å². The summed E-state index contributed by atoms with van der Waals surface area (Å²) in [6, 6.07) is 0. The van der Waals surface area contributed by atoms with Crippen molar-refractivity contribution in [1.82, 2.24) is 0 Å². The third kappa shape index (κ3) is 35.9. The number of rotatable bonds is 36. The highest BCUT2D eigenvalue weighted by Crippen LogP contribution is 2.18. The molecule has 3 heteroatoms. The second-order valence-corrected chi connectivity index (χ2v) is 13.2. The molecule has 0 aliphatic heterocycles. The molecule has 0 heterocycles. The molecule has 2 unspecified atom stereocenters. The lowest BCUT2D eigenvalue weighted by Gasteiger charge is -2.09. The molecule has 0 amide bonds. The van der Waals surface area contributed by atoms with Crippen LogP contribution in [-0.2, 0) is 4.74 Å². The van der Waals surface area contributed by atoms with Gasteiger partial charge in [-0.1, -0.05) is 181 Å². The van der Waals surface area contributed by atoms with Crippen LogP contribution in [0.4, 0.5) is 8.78 Å². The van der Waals surface area contributed by atoms with Gasteiger partial charge in [-0.05, 0) is 38.5 Å². The van der Waals surface area contributed by atoms with E-state index in [4.69, 9.17) is 4.74 Å². The van der Waals surface area contributed by atoms with E-state index in [1.165, 1.54) is 116 Å². The Kier molecular flexibility index (Phi) is 35.9. The summed E-state index contributed by atoms with van der Waals surface area (Å²) in [4.78, 5) is 0. The molecule has 0 rings (SSSR count). The molecule has 0 bridgehead atoms. The second kappa shape index (κ2) is 36.0. The van der Waals surface area contributed by atoms with Gasteiger partial charge in [-0.25, -0.2) is 8.78 Å². The summed E-state index contributed by atoms with van der Waals surface area (Å²) in [5.74, 6) is 0. The van der Waals surface area contributed by atoms with Crippen molar-refractivity contribution in [3.05, 3.63) is 0 Å². The van der Waals surface area contributed by atoms with Crippen molar-refractivity contribution in [2.24, 2.45) is 0 Å². The Morgan fingerprint density at radius 2 is 0.537 bits per heavy atom. The van der Waals surface area contributed by atoms with Gasteiger partial charge >= 0.3 is 0 Å². The minimum atomic E-state index is -0.590. The Balaban J connectivity index is 3.21. The molecule has 0 aromatic rings. The number of unbranched alkanes of at least 4 members (excludes halogenated alkanes) is 24. The van der Waals surface area contributed by atoms with Crippen molar-refractivity contribution in [3.63, 3.8) is 0 Å². The Bertz CT molecular complexity index is 418. The minimum absolute atomic E-state index is 0.590. The lowest BCUT2D eigenvalue weighted by molar-refractivity contribution is 0.125. The van der Waals surface area contributed by atoms with Gasteiger partial charge in [0, 0.05) is 13.2 Å². The van der Waals surface area contributed by atoms with Gasteiger partial charge in [0.05, 0.1) is 0 Å². The molecular formula is C38H76F2O. The first-order chi connectivity index (χ1) is 20.2. The van der Waals surface area contributed by atoms with Gasteiger partial charge in [0.1, 0.15) is 12.3 Å². The highest BCUT2D eigenvalue weighted by molar-refractivity contribution is 4.59. The highest BCUT2D eigenvalue weighted by Gasteiger charge is 2.07. The molecule has 0 aliphatic carbocycles. The van der Waals surface area contributed by atoms with Crippen molar-refractivity contribution in [2.45, 2.75) is 232 Å². The van der Waals surface area contributed by atoms with Crippen molar-refractivity contribution in [2.75, 3.05) is 13.2 Å². The van der Waals surface area contributed by atoms with Crippen molar-refractivity contribution < 1.29 is 13.5 Å². The maximum absolute atomic E-state index is 14.1. The molecule has 0 radical (unpaired) electrons. The number of hydrogen-bond acceptors (Lipinski definition) is 1. The topological polar surface area (TPSA) is 9.23 Å². The molecule has 2 atom stereocenters. The Hall–Kier alpha value is -0.180. The molecule has 1 nitrogen and oxygen atoms in total. The zero-order valence-electron chi connectivity index (χ0n) is 28.4. The molecule has 0 aromatic carbocycles. The molecule has 0 spiro atoms. The summed E-state index contributed by atoms with van der Waals surface area (Å²) in [6.07, 6.45) is 37.0. The van der Waals surface area contributed by atoms with Gasteiger partial charge in [0.25, 0.3) is 0 Å². The first-order valence-electron chi connectivity index (χ1n) is 19.1. The van der Waals surface area contributed by atoms with E-state index < -0.39 is 12.3 Å². The number of halogens is 2. The largest absolute Gasteiger partial charge is 0.381 e. The standard InChI is InChI=1S/C38H76F2O/c1-3-5-7-9-11-13-15-17-19-25-31-37(39)33-27-21-23-29-35-41-36-30-24-22-28-34-38(40)32-26-20-18-16-14-12-10-8-6-4-2/h37-38H,3-36H2,1-2H3. The summed E-state index contributed by atoms with van der Waals surface area (Å²) in [7, 11) is 0. The Labute approximate surface area is 258 Å². The smallest absolute Gasteiger partial charge is 0.100 e. The predicted molar refractivity (Wildman–Crippen MR) is 180 cm³/mol. The van der Waals surface area contributed by atoms with Crippen LogP contribution in [0, 0.1) is 0 Å². The van der Waals surface area contributed by atoms with Crippen molar-refractivity contribution >= 4 is 0 Å². The lowest BCUT2D eigenvalue weighted by Crippen LogP contribution is -2.01. The van der Waals surface area contributed by atoms with Gasteiger partial charge in [-0.2, -0.15) is 0 Å². The molecular weight excluding hydrogens is 510 g/mol. The van der Waals surface area contributed by atoms with Crippen LogP contribution in [0.2, 0.25) is 0 Å². The van der Waals surface area contributed by atoms with Crippen LogP contribution in [0.15, 0.2) is 0 Å². The average molecular weight is 587 g/mol. The van der Waals surface area contributed by atoms with E-state index in [-0.39, 0.29) is 0 Å². The van der Waals surface area contributed by atoms with E-state index in [0.717, 1.165) is 103 Å². The third-order valence-electron chi connectivity index (χ3n) is 8.85. The van der Waals surface area contributed by atoms with Gasteiger partial charge in [-0.15, -0.1) is 0 Å². The maximum atomic E-state index is 14.1. The molecule has 0 saturated heterocycles. The zero-order valence-corrected chi connectivity index (χ0v) is 28.4. The molecule has 0 saturated carbocycles. The summed E-state index contributed by atoms with van der Waals surface area (Å²) < 4.78 is 34.0. The maximum Gasteiger partial charge on any atom is 0.100 e. The van der Waals surface area contributed by atoms with E-state index >= 15 is 0 Å². The molecule has 248 valence electrons. The predicted octanol–water partition coefficient (Wildman–Crippen LogP) is 14.2. The quantitative estimate of drug-likeness (QED) is 0.0663. The molecule has 41 heavy (non-hydrogen) atoms. The van der Waals surface area contributed by atoms with E-state index in [1.54, 1.807) is 0 Å². The normalized spacial score (nSPS) is 13.2. The van der Waals surface area contributed by atoms with Crippen LogP contribution in [0.1, 0.15) is 219 Å². The van der Waals surface area contributed by atoms with Gasteiger partial charge in [-0.3, -0.25) is 0 Å².